The van der Waals surface area contributed by atoms with E-state index in [-0.39, 0.29) is 0 Å². The molecule has 15 heavy (non-hydrogen) atoms. The molecule has 88 valence electrons. The normalized spacial score (nSPS) is 29.2. The molecule has 0 aromatic heterocycles. The lowest BCUT2D eigenvalue weighted by Gasteiger charge is -2.25. The van der Waals surface area contributed by atoms with Crippen molar-refractivity contribution in [2.45, 2.75) is 57.4 Å². The topological polar surface area (TPSA) is 21.3 Å². The van der Waals surface area contributed by atoms with Gasteiger partial charge in [0.15, 0.2) is 0 Å². The minimum absolute atomic E-state index is 0.641. The molecular weight excluding hydrogens is 186 g/mol. The van der Waals surface area contributed by atoms with Crippen LogP contribution in [0.15, 0.2) is 0 Å². The lowest BCUT2D eigenvalue weighted by atomic mass is 9.87. The molecule has 1 aliphatic heterocycles. The van der Waals surface area contributed by atoms with Crippen molar-refractivity contribution in [3.8, 4) is 0 Å². The highest BCUT2D eigenvalue weighted by atomic mass is 16.5. The van der Waals surface area contributed by atoms with Crippen LogP contribution in [0.2, 0.25) is 0 Å². The van der Waals surface area contributed by atoms with Crippen LogP contribution in [-0.2, 0) is 4.74 Å². The standard InChI is InChI=1S/C13H25NO/c1-2-5-12(6-3-1)8-9-14-13-7-4-10-15-11-13/h12-14H,1-11H2. The maximum Gasteiger partial charge on any atom is 0.0619 e. The van der Waals surface area contributed by atoms with Crippen molar-refractivity contribution in [3.05, 3.63) is 0 Å². The van der Waals surface area contributed by atoms with E-state index in [1.165, 1.54) is 57.9 Å². The molecule has 0 amide bonds. The fourth-order valence-corrected chi connectivity index (χ4v) is 2.87. The van der Waals surface area contributed by atoms with E-state index in [9.17, 15) is 0 Å². The summed E-state index contributed by atoms with van der Waals surface area (Å²) in [5.74, 6) is 1.01. The predicted octanol–water partition coefficient (Wildman–Crippen LogP) is 2.73. The van der Waals surface area contributed by atoms with Crippen LogP contribution in [0.4, 0.5) is 0 Å². The first-order chi connectivity index (χ1) is 7.45. The molecule has 1 aliphatic carbocycles. The molecule has 0 bridgehead atoms. The number of nitrogens with one attached hydrogen (secondary N) is 1. The van der Waals surface area contributed by atoms with Crippen molar-refractivity contribution in [1.29, 1.82) is 0 Å². The third kappa shape index (κ3) is 4.12. The van der Waals surface area contributed by atoms with Gasteiger partial charge in [-0.3, -0.25) is 0 Å². The van der Waals surface area contributed by atoms with Gasteiger partial charge in [0.25, 0.3) is 0 Å². The zero-order valence-electron chi connectivity index (χ0n) is 9.84. The molecule has 0 aromatic rings. The SMILES string of the molecule is C1CCC(CCNC2CCCOC2)CC1. The Labute approximate surface area is 93.8 Å². The van der Waals surface area contributed by atoms with E-state index in [2.05, 4.69) is 5.32 Å². The van der Waals surface area contributed by atoms with Gasteiger partial charge in [0, 0.05) is 12.6 Å². The first-order valence-electron chi connectivity index (χ1n) is 6.76. The third-order valence-corrected chi connectivity index (χ3v) is 3.87. The maximum atomic E-state index is 5.46. The van der Waals surface area contributed by atoms with Gasteiger partial charge in [0.1, 0.15) is 0 Å². The highest BCUT2D eigenvalue weighted by Gasteiger charge is 2.15. The average Bonchev–Trinajstić information content (AvgIpc) is 2.32. The molecule has 1 heterocycles. The number of rotatable bonds is 4. The van der Waals surface area contributed by atoms with Crippen LogP contribution in [0, 0.1) is 5.92 Å². The minimum atomic E-state index is 0.641. The molecule has 0 radical (unpaired) electrons. The van der Waals surface area contributed by atoms with Gasteiger partial charge in [0.05, 0.1) is 6.61 Å². The van der Waals surface area contributed by atoms with Crippen molar-refractivity contribution in [2.75, 3.05) is 19.8 Å². The van der Waals surface area contributed by atoms with Crippen molar-refractivity contribution in [3.63, 3.8) is 0 Å². The lowest BCUT2D eigenvalue weighted by molar-refractivity contribution is 0.0698. The number of hydrogen-bond donors (Lipinski definition) is 1. The van der Waals surface area contributed by atoms with Gasteiger partial charge in [-0.15, -0.1) is 0 Å². The first-order valence-corrected chi connectivity index (χ1v) is 6.76. The highest BCUT2D eigenvalue weighted by molar-refractivity contribution is 4.72. The molecule has 2 rings (SSSR count). The molecule has 1 saturated carbocycles. The average molecular weight is 211 g/mol. The Morgan fingerprint density at radius 1 is 1.00 bits per heavy atom. The van der Waals surface area contributed by atoms with Gasteiger partial charge in [-0.25, -0.2) is 0 Å². The molecule has 1 atom stereocenters. The molecule has 1 saturated heterocycles. The molecule has 2 nitrogen and oxygen atoms in total. The number of ether oxygens (including phenoxy) is 1. The largest absolute Gasteiger partial charge is 0.380 e. The van der Waals surface area contributed by atoms with Crippen LogP contribution < -0.4 is 5.32 Å². The fraction of sp³-hybridized carbons (Fsp3) is 1.00. The van der Waals surface area contributed by atoms with Crippen LogP contribution in [0.1, 0.15) is 51.4 Å². The van der Waals surface area contributed by atoms with E-state index in [4.69, 9.17) is 4.74 Å². The van der Waals surface area contributed by atoms with E-state index in [0.29, 0.717) is 6.04 Å². The molecule has 1 unspecified atom stereocenters. The summed E-state index contributed by atoms with van der Waals surface area (Å²) in [5, 5.41) is 3.64. The second kappa shape index (κ2) is 6.49. The third-order valence-electron chi connectivity index (χ3n) is 3.87. The first kappa shape index (κ1) is 11.4. The van der Waals surface area contributed by atoms with E-state index >= 15 is 0 Å². The van der Waals surface area contributed by atoms with Gasteiger partial charge < -0.3 is 10.1 Å². The zero-order valence-corrected chi connectivity index (χ0v) is 9.84. The van der Waals surface area contributed by atoms with Crippen LogP contribution in [-0.4, -0.2) is 25.8 Å². The summed E-state index contributed by atoms with van der Waals surface area (Å²) < 4.78 is 5.46. The van der Waals surface area contributed by atoms with E-state index in [1.807, 2.05) is 0 Å². The second-order valence-electron chi connectivity index (χ2n) is 5.16. The Morgan fingerprint density at radius 2 is 1.87 bits per heavy atom. The second-order valence-corrected chi connectivity index (χ2v) is 5.16. The molecular formula is C13H25NO. The summed E-state index contributed by atoms with van der Waals surface area (Å²) in [6.07, 6.45) is 11.3. The molecule has 2 heteroatoms. The molecule has 1 N–H and O–H groups in total. The van der Waals surface area contributed by atoms with Crippen LogP contribution >= 0.6 is 0 Å². The van der Waals surface area contributed by atoms with E-state index < -0.39 is 0 Å². The van der Waals surface area contributed by atoms with Crippen molar-refractivity contribution < 1.29 is 4.74 Å². The van der Waals surface area contributed by atoms with Crippen LogP contribution in [0.25, 0.3) is 0 Å². The summed E-state index contributed by atoms with van der Waals surface area (Å²) in [6.45, 7) is 3.12. The Bertz CT molecular complexity index is 142. The maximum absolute atomic E-state index is 5.46. The van der Waals surface area contributed by atoms with E-state index in [1.54, 1.807) is 0 Å². The Hall–Kier alpha value is -0.0800. The number of hydrogen-bond acceptors (Lipinski definition) is 2. The van der Waals surface area contributed by atoms with Gasteiger partial charge in [-0.1, -0.05) is 32.1 Å². The summed E-state index contributed by atoms with van der Waals surface area (Å²) >= 11 is 0. The Balaban J connectivity index is 1.53. The fourth-order valence-electron chi connectivity index (χ4n) is 2.87. The molecule has 2 aliphatic rings. The molecule has 0 spiro atoms. The molecule has 2 fully saturated rings. The van der Waals surface area contributed by atoms with E-state index in [0.717, 1.165) is 19.1 Å². The predicted molar refractivity (Wildman–Crippen MR) is 63.0 cm³/mol. The van der Waals surface area contributed by atoms with Crippen LogP contribution in [0.3, 0.4) is 0 Å². The Kier molecular flexibility index (Phi) is 4.94. The van der Waals surface area contributed by atoms with Crippen molar-refractivity contribution in [1.82, 2.24) is 5.32 Å². The smallest absolute Gasteiger partial charge is 0.0619 e. The van der Waals surface area contributed by atoms with Crippen LogP contribution in [0.5, 0.6) is 0 Å². The molecule has 0 aromatic carbocycles. The lowest BCUT2D eigenvalue weighted by Crippen LogP contribution is -2.37. The van der Waals surface area contributed by atoms with Gasteiger partial charge in [-0.2, -0.15) is 0 Å². The minimum Gasteiger partial charge on any atom is -0.380 e. The van der Waals surface area contributed by atoms with Gasteiger partial charge >= 0.3 is 0 Å². The summed E-state index contributed by atoms with van der Waals surface area (Å²) in [4.78, 5) is 0. The quantitative estimate of drug-likeness (QED) is 0.772. The zero-order chi connectivity index (χ0) is 10.3. The monoisotopic (exact) mass is 211 g/mol. The summed E-state index contributed by atoms with van der Waals surface area (Å²) in [6, 6.07) is 0.641. The highest BCUT2D eigenvalue weighted by Crippen LogP contribution is 2.25. The van der Waals surface area contributed by atoms with Crippen molar-refractivity contribution in [2.24, 2.45) is 5.92 Å². The summed E-state index contributed by atoms with van der Waals surface area (Å²) in [7, 11) is 0. The summed E-state index contributed by atoms with van der Waals surface area (Å²) in [5.41, 5.74) is 0. The van der Waals surface area contributed by atoms with Gasteiger partial charge in [-0.05, 0) is 31.7 Å². The van der Waals surface area contributed by atoms with Gasteiger partial charge in [0.2, 0.25) is 0 Å². The van der Waals surface area contributed by atoms with Crippen molar-refractivity contribution >= 4 is 0 Å². The Morgan fingerprint density at radius 3 is 2.60 bits per heavy atom.